The fourth-order valence-corrected chi connectivity index (χ4v) is 8.84. The fraction of sp³-hybridized carbons (Fsp3) is 0.962. The molecule has 0 aromatic rings. The maximum Gasteiger partial charge on any atom is 0.275 e. The van der Waals surface area contributed by atoms with Gasteiger partial charge in [0.2, 0.25) is 0 Å². The van der Waals surface area contributed by atoms with Crippen LogP contribution in [-0.2, 0) is 4.79 Å². The molecule has 0 amide bonds. The summed E-state index contributed by atoms with van der Waals surface area (Å²) in [5.74, 6) is -2.91. The van der Waals surface area contributed by atoms with Crippen LogP contribution >= 0.6 is 0 Å². The maximum absolute atomic E-state index is 14.7. The number of hydrogen-bond acceptors (Lipinski definition) is 3. The van der Waals surface area contributed by atoms with Crippen molar-refractivity contribution in [2.75, 3.05) is 0 Å². The Hall–Kier alpha value is -0.550. The molecule has 31 heavy (non-hydrogen) atoms. The van der Waals surface area contributed by atoms with E-state index in [2.05, 4.69) is 13.8 Å². The summed E-state index contributed by atoms with van der Waals surface area (Å²) in [5.41, 5.74) is -0.124. The Balaban J connectivity index is 1.58. The molecule has 4 rings (SSSR count). The van der Waals surface area contributed by atoms with Crippen molar-refractivity contribution in [1.29, 1.82) is 0 Å². The second-order valence-corrected chi connectivity index (χ2v) is 12.4. The predicted molar refractivity (Wildman–Crippen MR) is 117 cm³/mol. The number of fused-ring (bicyclic) bond motifs is 5. The third kappa shape index (κ3) is 3.43. The monoisotopic (exact) mass is 440 g/mol. The van der Waals surface area contributed by atoms with Gasteiger partial charge in [0.15, 0.2) is 0 Å². The normalized spacial score (nSPS) is 47.5. The van der Waals surface area contributed by atoms with Crippen molar-refractivity contribution in [2.45, 2.75) is 104 Å². The van der Waals surface area contributed by atoms with Crippen molar-refractivity contribution in [3.63, 3.8) is 0 Å². The van der Waals surface area contributed by atoms with Crippen molar-refractivity contribution in [2.24, 2.45) is 52.3 Å². The molecule has 4 fully saturated rings. The first-order valence-corrected chi connectivity index (χ1v) is 12.6. The van der Waals surface area contributed by atoms with Crippen LogP contribution < -0.4 is 0 Å². The molecule has 0 aromatic carbocycles. The van der Waals surface area contributed by atoms with Crippen LogP contribution in [0.4, 0.5) is 8.78 Å². The molecule has 0 unspecified atom stereocenters. The van der Waals surface area contributed by atoms with Crippen LogP contribution in [0.25, 0.3) is 0 Å². The second kappa shape index (κ2) is 7.75. The van der Waals surface area contributed by atoms with E-state index in [0.29, 0.717) is 36.4 Å². The first kappa shape index (κ1) is 23.6. The van der Waals surface area contributed by atoms with Gasteiger partial charge in [0, 0.05) is 18.3 Å². The molecule has 0 aliphatic heterocycles. The largest absolute Gasteiger partial charge is 0.393 e. The van der Waals surface area contributed by atoms with E-state index in [4.69, 9.17) is 0 Å². The third-order valence-electron chi connectivity index (χ3n) is 10.8. The van der Waals surface area contributed by atoms with Gasteiger partial charge in [-0.3, -0.25) is 4.79 Å². The highest BCUT2D eigenvalue weighted by Gasteiger charge is 2.63. The van der Waals surface area contributed by atoms with Gasteiger partial charge in [-0.2, -0.15) is 0 Å². The number of halogens is 2. The summed E-state index contributed by atoms with van der Waals surface area (Å²) in [5, 5.41) is 20.8. The minimum Gasteiger partial charge on any atom is -0.393 e. The zero-order valence-corrected chi connectivity index (χ0v) is 19.9. The van der Waals surface area contributed by atoms with Crippen LogP contribution in [-0.4, -0.2) is 34.1 Å². The topological polar surface area (TPSA) is 57.5 Å². The van der Waals surface area contributed by atoms with Crippen molar-refractivity contribution < 1.29 is 23.8 Å². The summed E-state index contributed by atoms with van der Waals surface area (Å²) < 4.78 is 29.3. The van der Waals surface area contributed by atoms with Crippen molar-refractivity contribution in [1.82, 2.24) is 0 Å². The van der Waals surface area contributed by atoms with Crippen molar-refractivity contribution in [3.8, 4) is 0 Å². The SMILES string of the molecule is CC(C)C(F)(F)[C@H](O)[C@@H](C)[C@H]1CC[C@H]2[C@@H]3CC(=O)[C@H]4C[C@H](O)CC[C@]4(C)[C@H]3CC[C@]12C. The Bertz CT molecular complexity index is 709. The Morgan fingerprint density at radius 2 is 1.61 bits per heavy atom. The lowest BCUT2D eigenvalue weighted by Gasteiger charge is -2.60. The van der Waals surface area contributed by atoms with Crippen LogP contribution in [0, 0.1) is 52.3 Å². The molecule has 4 aliphatic rings. The van der Waals surface area contributed by atoms with Crippen molar-refractivity contribution in [3.05, 3.63) is 0 Å². The first-order chi connectivity index (χ1) is 14.3. The molecular weight excluding hydrogens is 398 g/mol. The van der Waals surface area contributed by atoms with Gasteiger partial charge in [0.05, 0.1) is 6.10 Å². The average molecular weight is 441 g/mol. The quantitative estimate of drug-likeness (QED) is 0.609. The van der Waals surface area contributed by atoms with E-state index in [1.165, 1.54) is 13.8 Å². The molecule has 0 aromatic heterocycles. The number of Topliss-reactive ketones (excluding diaryl/α,β-unsaturated/α-hetero) is 1. The molecule has 178 valence electrons. The van der Waals surface area contributed by atoms with E-state index >= 15 is 0 Å². The Morgan fingerprint density at radius 3 is 2.26 bits per heavy atom. The molecule has 0 radical (unpaired) electrons. The first-order valence-electron chi connectivity index (χ1n) is 12.6. The number of carbonyl (C=O) groups is 1. The lowest BCUT2D eigenvalue weighted by Crippen LogP contribution is -2.57. The van der Waals surface area contributed by atoms with Crippen LogP contribution in [0.15, 0.2) is 0 Å². The van der Waals surface area contributed by atoms with Crippen LogP contribution in [0.3, 0.4) is 0 Å². The van der Waals surface area contributed by atoms with Gasteiger partial charge in [-0.25, -0.2) is 8.78 Å². The summed E-state index contributed by atoms with van der Waals surface area (Å²) in [7, 11) is 0. The number of ketones is 1. The van der Waals surface area contributed by atoms with E-state index in [9.17, 15) is 23.8 Å². The van der Waals surface area contributed by atoms with Crippen LogP contribution in [0.2, 0.25) is 0 Å². The third-order valence-corrected chi connectivity index (χ3v) is 10.8. The predicted octanol–water partition coefficient (Wildman–Crippen LogP) is 5.47. The molecular formula is C26H42F2O3. The summed E-state index contributed by atoms with van der Waals surface area (Å²) in [6.45, 7) is 9.31. The smallest absolute Gasteiger partial charge is 0.275 e. The minimum atomic E-state index is -3.09. The number of alkyl halides is 2. The Morgan fingerprint density at radius 1 is 1.00 bits per heavy atom. The zero-order valence-electron chi connectivity index (χ0n) is 19.9. The molecule has 0 bridgehead atoms. The van der Waals surface area contributed by atoms with Crippen LogP contribution in [0.1, 0.15) is 86.0 Å². The zero-order chi connectivity index (χ0) is 22.9. The molecule has 0 spiro atoms. The minimum absolute atomic E-state index is 0.0236. The molecule has 2 N–H and O–H groups in total. The van der Waals surface area contributed by atoms with Crippen molar-refractivity contribution >= 4 is 5.78 Å². The maximum atomic E-state index is 14.7. The van der Waals surface area contributed by atoms with Gasteiger partial charge in [-0.15, -0.1) is 0 Å². The van der Waals surface area contributed by atoms with E-state index in [1.54, 1.807) is 0 Å². The molecule has 3 nitrogen and oxygen atoms in total. The number of rotatable bonds is 4. The summed E-state index contributed by atoms with van der Waals surface area (Å²) in [4.78, 5) is 13.2. The highest BCUT2D eigenvalue weighted by Crippen LogP contribution is 2.68. The number of hydrogen-bond donors (Lipinski definition) is 2. The number of carbonyl (C=O) groups excluding carboxylic acids is 1. The highest BCUT2D eigenvalue weighted by atomic mass is 19.3. The fourth-order valence-electron chi connectivity index (χ4n) is 8.84. The van der Waals surface area contributed by atoms with E-state index in [-0.39, 0.29) is 28.8 Å². The van der Waals surface area contributed by atoms with Gasteiger partial charge in [0.1, 0.15) is 11.9 Å². The molecule has 4 saturated carbocycles. The standard InChI is InChI=1S/C26H42F2O3/c1-14(2)26(27,28)23(31)15(3)18-6-7-19-17-13-22(30)21-12-16(29)8-10-25(21,5)20(17)9-11-24(18,19)4/h14-21,23,29,31H,6-13H2,1-5H3/t15-,16+,17-,18+,19-,20-,21+,23+,24+,25+/m0/s1. The Kier molecular flexibility index (Phi) is 5.90. The molecule has 0 saturated heterocycles. The van der Waals surface area contributed by atoms with E-state index < -0.39 is 23.9 Å². The highest BCUT2D eigenvalue weighted by molar-refractivity contribution is 5.83. The average Bonchev–Trinajstić information content (AvgIpc) is 3.05. The second-order valence-electron chi connectivity index (χ2n) is 12.4. The van der Waals surface area contributed by atoms with E-state index in [0.717, 1.165) is 38.5 Å². The Labute approximate surface area is 186 Å². The summed E-state index contributed by atoms with van der Waals surface area (Å²) in [6.07, 6.45) is 4.78. The van der Waals surface area contributed by atoms with Gasteiger partial charge >= 0.3 is 0 Å². The van der Waals surface area contributed by atoms with E-state index in [1.807, 2.05) is 6.92 Å². The number of aliphatic hydroxyl groups excluding tert-OH is 2. The lowest BCUT2D eigenvalue weighted by atomic mass is 9.44. The summed E-state index contributed by atoms with van der Waals surface area (Å²) in [6, 6.07) is 0. The van der Waals surface area contributed by atoms with Gasteiger partial charge in [-0.1, -0.05) is 34.6 Å². The van der Waals surface area contributed by atoms with Crippen LogP contribution in [0.5, 0.6) is 0 Å². The number of aliphatic hydroxyl groups is 2. The molecule has 0 heterocycles. The molecule has 4 aliphatic carbocycles. The van der Waals surface area contributed by atoms with Gasteiger partial charge in [0.25, 0.3) is 5.92 Å². The van der Waals surface area contributed by atoms with Gasteiger partial charge in [-0.05, 0) is 85.4 Å². The molecule has 5 heteroatoms. The summed E-state index contributed by atoms with van der Waals surface area (Å²) >= 11 is 0. The molecule has 10 atom stereocenters. The van der Waals surface area contributed by atoms with Gasteiger partial charge < -0.3 is 10.2 Å². The lowest BCUT2D eigenvalue weighted by molar-refractivity contribution is -0.178.